The van der Waals surface area contributed by atoms with Gasteiger partial charge in [0.15, 0.2) is 0 Å². The summed E-state index contributed by atoms with van der Waals surface area (Å²) in [7, 11) is 0. The quantitative estimate of drug-likeness (QED) is 0.684. The Hall–Kier alpha value is -2.17. The molecule has 0 unspecified atom stereocenters. The minimum atomic E-state index is -0.977. The lowest BCUT2D eigenvalue weighted by atomic mass is 9.83. The molecular formula is C16H21N3O2. The van der Waals surface area contributed by atoms with Gasteiger partial charge < -0.3 is 10.0 Å². The predicted molar refractivity (Wildman–Crippen MR) is 83.1 cm³/mol. The van der Waals surface area contributed by atoms with Crippen LogP contribution in [-0.4, -0.2) is 34.1 Å². The summed E-state index contributed by atoms with van der Waals surface area (Å²) in [5.74, 6) is -0.290. The molecule has 1 aliphatic heterocycles. The summed E-state index contributed by atoms with van der Waals surface area (Å²) in [6.45, 7) is 8.42. The summed E-state index contributed by atoms with van der Waals surface area (Å²) in [6, 6.07) is 0. The Bertz CT molecular complexity index is 568. The summed E-state index contributed by atoms with van der Waals surface area (Å²) < 4.78 is 0. The smallest absolute Gasteiger partial charge is 0.328 e. The van der Waals surface area contributed by atoms with Crippen molar-refractivity contribution in [2.24, 2.45) is 5.41 Å². The van der Waals surface area contributed by atoms with E-state index in [1.54, 1.807) is 12.4 Å². The van der Waals surface area contributed by atoms with Crippen molar-refractivity contribution in [2.75, 3.05) is 18.0 Å². The van der Waals surface area contributed by atoms with Gasteiger partial charge in [-0.25, -0.2) is 14.8 Å². The van der Waals surface area contributed by atoms with Crippen LogP contribution >= 0.6 is 0 Å². The molecule has 1 N–H and O–H groups in total. The Balaban J connectivity index is 2.04. The van der Waals surface area contributed by atoms with Gasteiger partial charge in [-0.05, 0) is 17.9 Å². The molecule has 0 saturated heterocycles. The van der Waals surface area contributed by atoms with E-state index in [0.29, 0.717) is 11.5 Å². The second-order valence-corrected chi connectivity index (χ2v) is 6.16. The lowest BCUT2D eigenvalue weighted by Gasteiger charge is -2.32. The molecular weight excluding hydrogens is 266 g/mol. The third kappa shape index (κ3) is 4.15. The van der Waals surface area contributed by atoms with Crippen LogP contribution in [0.1, 0.15) is 32.8 Å². The molecule has 0 radical (unpaired) electrons. The summed E-state index contributed by atoms with van der Waals surface area (Å²) in [6.07, 6.45) is 9.13. The molecule has 0 aliphatic carbocycles. The molecule has 0 bridgehead atoms. The van der Waals surface area contributed by atoms with Crippen LogP contribution in [0.5, 0.6) is 0 Å². The van der Waals surface area contributed by atoms with E-state index in [2.05, 4.69) is 41.7 Å². The fourth-order valence-electron chi connectivity index (χ4n) is 2.28. The molecule has 1 aromatic rings. The van der Waals surface area contributed by atoms with Crippen LogP contribution in [0.4, 0.5) is 5.95 Å². The molecule has 5 nitrogen and oxygen atoms in total. The average Bonchev–Trinajstić information content (AvgIpc) is 2.45. The second kappa shape index (κ2) is 6.08. The zero-order chi connectivity index (χ0) is 15.5. The topological polar surface area (TPSA) is 66.3 Å². The molecule has 21 heavy (non-hydrogen) atoms. The van der Waals surface area contributed by atoms with Gasteiger partial charge in [-0.2, -0.15) is 0 Å². The number of aromatic nitrogens is 2. The molecule has 1 aliphatic rings. The maximum Gasteiger partial charge on any atom is 0.328 e. The third-order valence-electron chi connectivity index (χ3n) is 3.53. The van der Waals surface area contributed by atoms with Gasteiger partial charge in [-0.3, -0.25) is 0 Å². The van der Waals surface area contributed by atoms with Crippen LogP contribution in [0, 0.1) is 5.41 Å². The number of carboxylic acids is 1. The highest BCUT2D eigenvalue weighted by atomic mass is 16.4. The van der Waals surface area contributed by atoms with Gasteiger partial charge in [0.1, 0.15) is 0 Å². The summed E-state index contributed by atoms with van der Waals surface area (Å²) in [5, 5.41) is 8.58. The Morgan fingerprint density at radius 3 is 2.48 bits per heavy atom. The highest BCUT2D eigenvalue weighted by molar-refractivity contribution is 5.85. The van der Waals surface area contributed by atoms with Gasteiger partial charge >= 0.3 is 5.97 Å². The number of anilines is 1. The normalized spacial score (nSPS) is 16.1. The van der Waals surface area contributed by atoms with E-state index in [0.717, 1.165) is 25.6 Å². The average molecular weight is 287 g/mol. The number of aliphatic carboxylic acids is 1. The summed E-state index contributed by atoms with van der Waals surface area (Å²) in [4.78, 5) is 21.2. The van der Waals surface area contributed by atoms with E-state index in [4.69, 9.17) is 5.11 Å². The van der Waals surface area contributed by atoms with Crippen molar-refractivity contribution in [2.45, 2.75) is 27.2 Å². The van der Waals surface area contributed by atoms with E-state index in [1.807, 2.05) is 0 Å². The molecule has 0 spiro atoms. The lowest BCUT2D eigenvalue weighted by molar-refractivity contribution is -0.131. The number of carboxylic acid groups (broad SMARTS) is 1. The zero-order valence-electron chi connectivity index (χ0n) is 12.7. The predicted octanol–water partition coefficient (Wildman–Crippen LogP) is 2.76. The first-order chi connectivity index (χ1) is 9.86. The first kappa shape index (κ1) is 15.2. The van der Waals surface area contributed by atoms with Crippen LogP contribution in [-0.2, 0) is 4.79 Å². The summed E-state index contributed by atoms with van der Waals surface area (Å²) >= 11 is 0. The van der Waals surface area contributed by atoms with Crippen LogP contribution in [0.15, 0.2) is 30.1 Å². The van der Waals surface area contributed by atoms with Gasteiger partial charge in [0.05, 0.1) is 0 Å². The van der Waals surface area contributed by atoms with Crippen LogP contribution in [0.3, 0.4) is 0 Å². The van der Waals surface area contributed by atoms with Crippen molar-refractivity contribution < 1.29 is 9.90 Å². The SMILES string of the molecule is CC(C)(C)C1=CCN(c2ncc(/C=C/C(=O)O)cn2)CC1. The van der Waals surface area contributed by atoms with Crippen molar-refractivity contribution in [3.63, 3.8) is 0 Å². The first-order valence-electron chi connectivity index (χ1n) is 7.04. The molecule has 112 valence electrons. The highest BCUT2D eigenvalue weighted by Gasteiger charge is 2.22. The zero-order valence-corrected chi connectivity index (χ0v) is 12.7. The van der Waals surface area contributed by atoms with Gasteiger partial charge in [-0.1, -0.05) is 32.4 Å². The number of hydrogen-bond acceptors (Lipinski definition) is 4. The molecule has 0 saturated carbocycles. The molecule has 0 amide bonds. The van der Waals surface area contributed by atoms with Crippen molar-refractivity contribution >= 4 is 18.0 Å². The number of hydrogen-bond donors (Lipinski definition) is 1. The van der Waals surface area contributed by atoms with Gasteiger partial charge in [0, 0.05) is 37.1 Å². The van der Waals surface area contributed by atoms with Crippen molar-refractivity contribution in [1.82, 2.24) is 9.97 Å². The monoisotopic (exact) mass is 287 g/mol. The highest BCUT2D eigenvalue weighted by Crippen LogP contribution is 2.30. The van der Waals surface area contributed by atoms with Crippen molar-refractivity contribution in [3.8, 4) is 0 Å². The van der Waals surface area contributed by atoms with Gasteiger partial charge in [-0.15, -0.1) is 0 Å². The molecule has 0 atom stereocenters. The molecule has 2 rings (SSSR count). The first-order valence-corrected chi connectivity index (χ1v) is 7.04. The Morgan fingerprint density at radius 1 is 1.33 bits per heavy atom. The lowest BCUT2D eigenvalue weighted by Crippen LogP contribution is -2.32. The molecule has 0 aromatic carbocycles. The fourth-order valence-corrected chi connectivity index (χ4v) is 2.28. The summed E-state index contributed by atoms with van der Waals surface area (Å²) in [5.41, 5.74) is 2.38. The van der Waals surface area contributed by atoms with Gasteiger partial charge in [0.2, 0.25) is 5.95 Å². The van der Waals surface area contributed by atoms with E-state index in [1.165, 1.54) is 11.6 Å². The van der Waals surface area contributed by atoms with E-state index in [-0.39, 0.29) is 5.41 Å². The van der Waals surface area contributed by atoms with Crippen LogP contribution in [0.25, 0.3) is 6.08 Å². The Morgan fingerprint density at radius 2 is 2.00 bits per heavy atom. The third-order valence-corrected chi connectivity index (χ3v) is 3.53. The fraction of sp³-hybridized carbons (Fsp3) is 0.438. The van der Waals surface area contributed by atoms with E-state index < -0.39 is 5.97 Å². The molecule has 1 aromatic heterocycles. The van der Waals surface area contributed by atoms with E-state index in [9.17, 15) is 4.79 Å². The Kier molecular flexibility index (Phi) is 4.40. The van der Waals surface area contributed by atoms with Gasteiger partial charge in [0.25, 0.3) is 0 Å². The minimum absolute atomic E-state index is 0.221. The maximum absolute atomic E-state index is 10.5. The molecule has 0 fully saturated rings. The van der Waals surface area contributed by atoms with Crippen molar-refractivity contribution in [1.29, 1.82) is 0 Å². The Labute approximate surface area is 125 Å². The number of rotatable bonds is 3. The molecule has 2 heterocycles. The minimum Gasteiger partial charge on any atom is -0.478 e. The molecule has 5 heteroatoms. The van der Waals surface area contributed by atoms with Crippen molar-refractivity contribution in [3.05, 3.63) is 35.7 Å². The van der Waals surface area contributed by atoms with E-state index >= 15 is 0 Å². The van der Waals surface area contributed by atoms with Crippen LogP contribution in [0.2, 0.25) is 0 Å². The number of carbonyl (C=O) groups is 1. The number of nitrogens with zero attached hydrogens (tertiary/aromatic N) is 3. The standard InChI is InChI=1S/C16H21N3O2/c1-16(2,3)13-6-8-19(9-7-13)15-17-10-12(11-18-15)4-5-14(20)21/h4-6,10-11H,7-9H2,1-3H3,(H,20,21)/b5-4+. The van der Waals surface area contributed by atoms with Crippen LogP contribution < -0.4 is 4.90 Å². The maximum atomic E-state index is 10.5. The largest absolute Gasteiger partial charge is 0.478 e. The second-order valence-electron chi connectivity index (χ2n) is 6.16.